The fourth-order valence-corrected chi connectivity index (χ4v) is 3.51. The van der Waals surface area contributed by atoms with Gasteiger partial charge in [-0.25, -0.2) is 4.79 Å². The average molecular weight is 408 g/mol. The predicted octanol–water partition coefficient (Wildman–Crippen LogP) is 3.63. The molecule has 0 N–H and O–H groups in total. The highest BCUT2D eigenvalue weighted by Gasteiger charge is 2.23. The highest BCUT2D eigenvalue weighted by atomic mass is 16.6. The van der Waals surface area contributed by atoms with Crippen molar-refractivity contribution in [2.45, 2.75) is 19.3 Å². The number of rotatable bonds is 7. The summed E-state index contributed by atoms with van der Waals surface area (Å²) >= 11 is 0. The number of carbonyl (C=O) groups is 2. The van der Waals surface area contributed by atoms with Crippen molar-refractivity contribution >= 4 is 23.6 Å². The largest absolute Gasteiger partial charge is 0.452 e. The molecule has 0 unspecified atom stereocenters. The van der Waals surface area contributed by atoms with Crippen LogP contribution in [-0.2, 0) is 20.7 Å². The van der Waals surface area contributed by atoms with E-state index in [1.807, 2.05) is 18.2 Å². The molecule has 2 aromatic rings. The third-order valence-corrected chi connectivity index (χ3v) is 5.17. The lowest BCUT2D eigenvalue weighted by Crippen LogP contribution is -2.41. The number of benzene rings is 2. The minimum Gasteiger partial charge on any atom is -0.452 e. The van der Waals surface area contributed by atoms with E-state index in [4.69, 9.17) is 4.74 Å². The van der Waals surface area contributed by atoms with Crippen molar-refractivity contribution in [2.24, 2.45) is 5.92 Å². The Labute approximate surface area is 175 Å². The number of non-ortho nitro benzene ring substituents is 1. The Kier molecular flexibility index (Phi) is 7.32. The molecule has 3 rings (SSSR count). The minimum absolute atomic E-state index is 0.0589. The van der Waals surface area contributed by atoms with E-state index in [2.05, 4.69) is 12.1 Å². The number of likely N-dealkylation sites (tertiary alicyclic amines) is 1. The van der Waals surface area contributed by atoms with Crippen LogP contribution in [0.25, 0.3) is 6.08 Å². The summed E-state index contributed by atoms with van der Waals surface area (Å²) in [7, 11) is 0. The molecule has 1 saturated heterocycles. The van der Waals surface area contributed by atoms with Crippen molar-refractivity contribution < 1.29 is 19.2 Å². The van der Waals surface area contributed by atoms with E-state index in [9.17, 15) is 19.7 Å². The predicted molar refractivity (Wildman–Crippen MR) is 113 cm³/mol. The van der Waals surface area contributed by atoms with Crippen molar-refractivity contribution in [3.05, 3.63) is 81.9 Å². The lowest BCUT2D eigenvalue weighted by atomic mass is 9.90. The second-order valence-corrected chi connectivity index (χ2v) is 7.31. The molecule has 2 aromatic carbocycles. The van der Waals surface area contributed by atoms with Crippen LogP contribution in [-0.4, -0.2) is 41.4 Å². The molecule has 1 aliphatic rings. The summed E-state index contributed by atoms with van der Waals surface area (Å²) in [5.74, 6) is -0.309. The Hall–Kier alpha value is -3.48. The Bertz CT molecular complexity index is 918. The lowest BCUT2D eigenvalue weighted by Gasteiger charge is -2.32. The van der Waals surface area contributed by atoms with Gasteiger partial charge in [0.05, 0.1) is 4.92 Å². The molecule has 0 spiro atoms. The number of carbonyl (C=O) groups excluding carboxylic acids is 2. The SMILES string of the molecule is O=C(/C=C/c1cccc([N+](=O)[O-])c1)OCC(=O)N1CCC(Cc2ccccc2)CC1. The number of ether oxygens (including phenoxy) is 1. The van der Waals surface area contributed by atoms with Gasteiger partial charge >= 0.3 is 5.97 Å². The lowest BCUT2D eigenvalue weighted by molar-refractivity contribution is -0.384. The summed E-state index contributed by atoms with van der Waals surface area (Å²) in [6, 6.07) is 16.2. The Morgan fingerprint density at radius 1 is 1.10 bits per heavy atom. The normalized spacial score (nSPS) is 14.6. The van der Waals surface area contributed by atoms with Crippen LogP contribution in [0.4, 0.5) is 5.69 Å². The first kappa shape index (κ1) is 21.2. The molecule has 30 heavy (non-hydrogen) atoms. The van der Waals surface area contributed by atoms with E-state index in [1.165, 1.54) is 35.9 Å². The van der Waals surface area contributed by atoms with Gasteiger partial charge < -0.3 is 9.64 Å². The third-order valence-electron chi connectivity index (χ3n) is 5.17. The Balaban J connectivity index is 1.40. The first-order chi connectivity index (χ1) is 14.5. The van der Waals surface area contributed by atoms with Gasteiger partial charge in [-0.05, 0) is 42.4 Å². The van der Waals surface area contributed by atoms with Crippen molar-refractivity contribution in [1.29, 1.82) is 0 Å². The summed E-state index contributed by atoms with van der Waals surface area (Å²) in [5.41, 5.74) is 1.76. The van der Waals surface area contributed by atoms with Crippen LogP contribution < -0.4 is 0 Å². The molecule has 1 aliphatic heterocycles. The van der Waals surface area contributed by atoms with Gasteiger partial charge in [0.25, 0.3) is 11.6 Å². The number of esters is 1. The van der Waals surface area contributed by atoms with Gasteiger partial charge in [-0.15, -0.1) is 0 Å². The second kappa shape index (κ2) is 10.3. The van der Waals surface area contributed by atoms with E-state index < -0.39 is 10.9 Å². The second-order valence-electron chi connectivity index (χ2n) is 7.31. The highest BCUT2D eigenvalue weighted by molar-refractivity contribution is 5.89. The number of piperidine rings is 1. The van der Waals surface area contributed by atoms with Gasteiger partial charge in [0.1, 0.15) is 0 Å². The van der Waals surface area contributed by atoms with Gasteiger partial charge in [0, 0.05) is 31.3 Å². The van der Waals surface area contributed by atoms with Gasteiger partial charge in [0.2, 0.25) is 0 Å². The molecule has 0 aromatic heterocycles. The average Bonchev–Trinajstić information content (AvgIpc) is 2.77. The van der Waals surface area contributed by atoms with Crippen LogP contribution in [0.2, 0.25) is 0 Å². The quantitative estimate of drug-likeness (QED) is 0.302. The first-order valence-electron chi connectivity index (χ1n) is 9.92. The molecule has 0 aliphatic carbocycles. The van der Waals surface area contributed by atoms with E-state index in [0.717, 1.165) is 19.3 Å². The van der Waals surface area contributed by atoms with Crippen LogP contribution >= 0.6 is 0 Å². The van der Waals surface area contributed by atoms with Gasteiger partial charge in [-0.3, -0.25) is 14.9 Å². The Morgan fingerprint density at radius 3 is 2.53 bits per heavy atom. The van der Waals surface area contributed by atoms with E-state index in [0.29, 0.717) is 24.6 Å². The standard InChI is InChI=1S/C23H24N2O5/c26-22(24-13-11-20(12-14-24)15-18-5-2-1-3-6-18)17-30-23(27)10-9-19-7-4-8-21(16-19)25(28)29/h1-10,16,20H,11-15,17H2/b10-9+. The molecule has 0 atom stereocenters. The number of hydrogen-bond donors (Lipinski definition) is 0. The van der Waals surface area contributed by atoms with E-state index in [1.54, 1.807) is 11.0 Å². The molecule has 1 heterocycles. The summed E-state index contributed by atoms with van der Waals surface area (Å²) in [5, 5.41) is 10.8. The summed E-state index contributed by atoms with van der Waals surface area (Å²) in [6.45, 7) is 1.02. The zero-order chi connectivity index (χ0) is 21.3. The molecular formula is C23H24N2O5. The number of nitro benzene ring substituents is 1. The van der Waals surface area contributed by atoms with Gasteiger partial charge in [0.15, 0.2) is 6.61 Å². The zero-order valence-corrected chi connectivity index (χ0v) is 16.6. The van der Waals surface area contributed by atoms with Crippen LogP contribution in [0.3, 0.4) is 0 Å². The maximum Gasteiger partial charge on any atom is 0.331 e. The fraction of sp³-hybridized carbons (Fsp3) is 0.304. The van der Waals surface area contributed by atoms with E-state index in [-0.39, 0.29) is 18.2 Å². The number of nitro groups is 1. The topological polar surface area (TPSA) is 89.7 Å². The molecule has 7 nitrogen and oxygen atoms in total. The van der Waals surface area contributed by atoms with Crippen molar-refractivity contribution in [3.8, 4) is 0 Å². The summed E-state index contributed by atoms with van der Waals surface area (Å²) in [6.07, 6.45) is 5.47. The van der Waals surface area contributed by atoms with E-state index >= 15 is 0 Å². The molecular weight excluding hydrogens is 384 g/mol. The highest BCUT2D eigenvalue weighted by Crippen LogP contribution is 2.21. The van der Waals surface area contributed by atoms with Crippen LogP contribution in [0.1, 0.15) is 24.0 Å². The number of amides is 1. The zero-order valence-electron chi connectivity index (χ0n) is 16.6. The summed E-state index contributed by atoms with van der Waals surface area (Å²) < 4.78 is 5.03. The maximum absolute atomic E-state index is 12.3. The molecule has 0 saturated carbocycles. The van der Waals surface area contributed by atoms with Crippen LogP contribution in [0.15, 0.2) is 60.7 Å². The first-order valence-corrected chi connectivity index (χ1v) is 9.92. The molecule has 7 heteroatoms. The van der Waals surface area contributed by atoms with Crippen molar-refractivity contribution in [3.63, 3.8) is 0 Å². The fourth-order valence-electron chi connectivity index (χ4n) is 3.51. The Morgan fingerprint density at radius 2 is 1.83 bits per heavy atom. The smallest absolute Gasteiger partial charge is 0.331 e. The molecule has 1 fully saturated rings. The minimum atomic E-state index is -0.659. The van der Waals surface area contributed by atoms with Crippen LogP contribution in [0, 0.1) is 16.0 Å². The molecule has 156 valence electrons. The number of hydrogen-bond acceptors (Lipinski definition) is 5. The van der Waals surface area contributed by atoms with Crippen LogP contribution in [0.5, 0.6) is 0 Å². The molecule has 0 bridgehead atoms. The monoisotopic (exact) mass is 408 g/mol. The van der Waals surface area contributed by atoms with Crippen molar-refractivity contribution in [2.75, 3.05) is 19.7 Å². The molecule has 1 amide bonds. The van der Waals surface area contributed by atoms with Gasteiger partial charge in [-0.2, -0.15) is 0 Å². The van der Waals surface area contributed by atoms with Crippen molar-refractivity contribution in [1.82, 2.24) is 4.90 Å². The summed E-state index contributed by atoms with van der Waals surface area (Å²) in [4.78, 5) is 36.2. The maximum atomic E-state index is 12.3. The van der Waals surface area contributed by atoms with Gasteiger partial charge in [-0.1, -0.05) is 42.5 Å². The molecule has 0 radical (unpaired) electrons. The number of nitrogens with zero attached hydrogens (tertiary/aromatic N) is 2. The third kappa shape index (κ3) is 6.27.